The molecule has 5 rings (SSSR count). The van der Waals surface area contributed by atoms with Crippen LogP contribution in [0.25, 0.3) is 22.7 Å². The lowest BCUT2D eigenvalue weighted by molar-refractivity contribution is 0.0997. The van der Waals surface area contributed by atoms with Crippen LogP contribution in [0.4, 0.5) is 10.1 Å². The molecule has 0 unspecified atom stereocenters. The Morgan fingerprint density at radius 1 is 1.00 bits per heavy atom. The molecule has 0 radical (unpaired) electrons. The van der Waals surface area contributed by atoms with Crippen LogP contribution in [-0.2, 0) is 0 Å². The smallest absolute Gasteiger partial charge is 0.291 e. The molecule has 5 nitrogen and oxygen atoms in total. The molecular formula is C29H30FN3O2. The van der Waals surface area contributed by atoms with E-state index in [1.54, 1.807) is 18.2 Å². The summed E-state index contributed by atoms with van der Waals surface area (Å²) in [4.78, 5) is 17.6. The van der Waals surface area contributed by atoms with E-state index in [-0.39, 0.29) is 17.5 Å². The third kappa shape index (κ3) is 4.92. The molecular weight excluding hydrogens is 441 g/mol. The van der Waals surface area contributed by atoms with E-state index in [1.165, 1.54) is 37.0 Å². The molecule has 2 aromatic heterocycles. The zero-order chi connectivity index (χ0) is 24.4. The van der Waals surface area contributed by atoms with Gasteiger partial charge in [-0.15, -0.1) is 0 Å². The number of carbonyl (C=O) groups excluding carboxylic acids is 1. The average molecular weight is 472 g/mol. The standard InChI is InChI=1S/C29H30FN3O2/c1-19(2)20-10-14-23(15-11-20)32-29(34)26-17-16-25(35-26)28-27(21-8-12-22(30)13-9-21)31-18-33(28)24-6-4-3-5-7-24/h8-19,24H,3-7H2,1-2H3,(H,32,34). The third-order valence-corrected chi connectivity index (χ3v) is 6.78. The number of nitrogens with zero attached hydrogens (tertiary/aromatic N) is 2. The van der Waals surface area contributed by atoms with Gasteiger partial charge >= 0.3 is 0 Å². The SMILES string of the molecule is CC(C)c1ccc(NC(=O)c2ccc(-c3c(-c4ccc(F)cc4)ncn3C3CCCCC3)o2)cc1. The van der Waals surface area contributed by atoms with E-state index in [0.717, 1.165) is 35.5 Å². The van der Waals surface area contributed by atoms with Crippen LogP contribution in [0.3, 0.4) is 0 Å². The number of carbonyl (C=O) groups is 1. The molecule has 0 atom stereocenters. The molecule has 2 heterocycles. The number of furan rings is 1. The Morgan fingerprint density at radius 2 is 1.71 bits per heavy atom. The van der Waals surface area contributed by atoms with Gasteiger partial charge in [0.05, 0.1) is 12.0 Å². The molecule has 0 bridgehead atoms. The summed E-state index contributed by atoms with van der Waals surface area (Å²) in [6, 6.07) is 18.0. The summed E-state index contributed by atoms with van der Waals surface area (Å²) in [6.07, 6.45) is 7.60. The van der Waals surface area contributed by atoms with Crippen molar-refractivity contribution in [2.24, 2.45) is 0 Å². The molecule has 0 saturated heterocycles. The molecule has 35 heavy (non-hydrogen) atoms. The van der Waals surface area contributed by atoms with E-state index < -0.39 is 0 Å². The highest BCUT2D eigenvalue weighted by Gasteiger charge is 2.25. The molecule has 1 aliphatic carbocycles. The monoisotopic (exact) mass is 471 g/mol. The van der Waals surface area contributed by atoms with Crippen molar-refractivity contribution in [3.05, 3.63) is 84.1 Å². The molecule has 4 aromatic rings. The molecule has 1 aliphatic rings. The van der Waals surface area contributed by atoms with Crippen LogP contribution >= 0.6 is 0 Å². The third-order valence-electron chi connectivity index (χ3n) is 6.78. The molecule has 1 saturated carbocycles. The highest BCUT2D eigenvalue weighted by atomic mass is 19.1. The van der Waals surface area contributed by atoms with E-state index in [9.17, 15) is 9.18 Å². The van der Waals surface area contributed by atoms with Crippen molar-refractivity contribution < 1.29 is 13.6 Å². The van der Waals surface area contributed by atoms with Gasteiger partial charge in [-0.3, -0.25) is 4.79 Å². The van der Waals surface area contributed by atoms with E-state index in [0.29, 0.717) is 17.7 Å². The maximum atomic E-state index is 13.6. The highest BCUT2D eigenvalue weighted by Crippen LogP contribution is 2.38. The largest absolute Gasteiger partial charge is 0.449 e. The molecule has 0 aliphatic heterocycles. The number of halogens is 1. The number of hydrogen-bond acceptors (Lipinski definition) is 3. The number of amides is 1. The van der Waals surface area contributed by atoms with E-state index in [4.69, 9.17) is 9.40 Å². The molecule has 1 N–H and O–H groups in total. The van der Waals surface area contributed by atoms with Crippen LogP contribution in [0, 0.1) is 5.82 Å². The summed E-state index contributed by atoms with van der Waals surface area (Å²) in [6.45, 7) is 4.27. The summed E-state index contributed by atoms with van der Waals surface area (Å²) in [5, 5.41) is 2.92. The first-order chi connectivity index (χ1) is 17.0. The Hall–Kier alpha value is -3.67. The van der Waals surface area contributed by atoms with Gasteiger partial charge < -0.3 is 14.3 Å². The number of hydrogen-bond donors (Lipinski definition) is 1. The van der Waals surface area contributed by atoms with Crippen LogP contribution in [0.15, 0.2) is 71.4 Å². The lowest BCUT2D eigenvalue weighted by Crippen LogP contribution is -2.13. The molecule has 2 aromatic carbocycles. The van der Waals surface area contributed by atoms with Crippen molar-refractivity contribution in [1.29, 1.82) is 0 Å². The average Bonchev–Trinajstić information content (AvgIpc) is 3.53. The predicted octanol–water partition coefficient (Wildman–Crippen LogP) is 7.83. The topological polar surface area (TPSA) is 60.1 Å². The van der Waals surface area contributed by atoms with Crippen molar-refractivity contribution in [3.63, 3.8) is 0 Å². The molecule has 0 spiro atoms. The van der Waals surface area contributed by atoms with Gasteiger partial charge in [-0.1, -0.05) is 45.2 Å². The lowest BCUT2D eigenvalue weighted by atomic mass is 9.95. The summed E-state index contributed by atoms with van der Waals surface area (Å²) >= 11 is 0. The minimum Gasteiger partial charge on any atom is -0.449 e. The Kier molecular flexibility index (Phi) is 6.53. The van der Waals surface area contributed by atoms with E-state index in [1.807, 2.05) is 36.7 Å². The van der Waals surface area contributed by atoms with Gasteiger partial charge in [-0.2, -0.15) is 0 Å². The summed E-state index contributed by atoms with van der Waals surface area (Å²) in [5.74, 6) is 0.639. The Morgan fingerprint density at radius 3 is 2.40 bits per heavy atom. The first-order valence-electron chi connectivity index (χ1n) is 12.3. The van der Waals surface area contributed by atoms with Crippen LogP contribution < -0.4 is 5.32 Å². The van der Waals surface area contributed by atoms with Gasteiger partial charge in [-0.25, -0.2) is 9.37 Å². The normalized spacial score (nSPS) is 14.4. The van der Waals surface area contributed by atoms with Crippen LogP contribution in [0.2, 0.25) is 0 Å². The fourth-order valence-electron chi connectivity index (χ4n) is 4.79. The van der Waals surface area contributed by atoms with Gasteiger partial charge in [0.1, 0.15) is 11.5 Å². The minimum absolute atomic E-state index is 0.231. The number of anilines is 1. The summed E-state index contributed by atoms with van der Waals surface area (Å²) in [5.41, 5.74) is 4.29. The van der Waals surface area contributed by atoms with Gasteiger partial charge in [0.25, 0.3) is 5.91 Å². The zero-order valence-corrected chi connectivity index (χ0v) is 20.1. The van der Waals surface area contributed by atoms with Gasteiger partial charge in [0.15, 0.2) is 11.5 Å². The second kappa shape index (κ2) is 9.90. The highest BCUT2D eigenvalue weighted by molar-refractivity contribution is 6.02. The van der Waals surface area contributed by atoms with E-state index in [2.05, 4.69) is 23.7 Å². The van der Waals surface area contributed by atoms with Gasteiger partial charge in [0.2, 0.25) is 0 Å². The lowest BCUT2D eigenvalue weighted by Gasteiger charge is -2.24. The Balaban J connectivity index is 1.46. The van der Waals surface area contributed by atoms with Crippen LogP contribution in [0.5, 0.6) is 0 Å². The van der Waals surface area contributed by atoms with Crippen molar-refractivity contribution in [1.82, 2.24) is 9.55 Å². The minimum atomic E-state index is -0.305. The molecule has 6 heteroatoms. The quantitative estimate of drug-likeness (QED) is 0.312. The van der Waals surface area contributed by atoms with Crippen molar-refractivity contribution in [2.75, 3.05) is 5.32 Å². The summed E-state index contributed by atoms with van der Waals surface area (Å²) in [7, 11) is 0. The number of nitrogens with one attached hydrogen (secondary N) is 1. The number of rotatable bonds is 6. The fraction of sp³-hybridized carbons (Fsp3) is 0.310. The Labute approximate surface area is 205 Å². The maximum absolute atomic E-state index is 13.6. The number of aromatic nitrogens is 2. The maximum Gasteiger partial charge on any atom is 0.291 e. The molecule has 1 fully saturated rings. The summed E-state index contributed by atoms with van der Waals surface area (Å²) < 4.78 is 21.8. The second-order valence-corrected chi connectivity index (χ2v) is 9.54. The molecule has 180 valence electrons. The van der Waals surface area contributed by atoms with Crippen LogP contribution in [-0.4, -0.2) is 15.5 Å². The molecule has 1 amide bonds. The van der Waals surface area contributed by atoms with Gasteiger partial charge in [-0.05, 0) is 72.9 Å². The second-order valence-electron chi connectivity index (χ2n) is 9.54. The first kappa shape index (κ1) is 23.1. The fourth-order valence-corrected chi connectivity index (χ4v) is 4.79. The van der Waals surface area contributed by atoms with Crippen molar-refractivity contribution >= 4 is 11.6 Å². The van der Waals surface area contributed by atoms with E-state index >= 15 is 0 Å². The van der Waals surface area contributed by atoms with Crippen molar-refractivity contribution in [3.8, 4) is 22.7 Å². The first-order valence-corrected chi connectivity index (χ1v) is 12.3. The number of imidazole rings is 1. The van der Waals surface area contributed by atoms with Gasteiger partial charge in [0, 0.05) is 17.3 Å². The van der Waals surface area contributed by atoms with Crippen LogP contribution in [0.1, 0.15) is 74.0 Å². The Bertz CT molecular complexity index is 1300. The number of benzene rings is 2. The van der Waals surface area contributed by atoms with Crippen molar-refractivity contribution in [2.45, 2.75) is 57.9 Å². The predicted molar refractivity (Wildman–Crippen MR) is 136 cm³/mol. The zero-order valence-electron chi connectivity index (χ0n) is 20.1.